The summed E-state index contributed by atoms with van der Waals surface area (Å²) in [6.45, 7) is 7.61. The molecule has 0 aliphatic heterocycles. The van der Waals surface area contributed by atoms with Gasteiger partial charge in [0.1, 0.15) is 11.4 Å². The summed E-state index contributed by atoms with van der Waals surface area (Å²) in [5.74, 6) is 0.329. The van der Waals surface area contributed by atoms with Crippen molar-refractivity contribution in [3.8, 4) is 16.9 Å². The van der Waals surface area contributed by atoms with E-state index in [-0.39, 0.29) is 7.85 Å². The van der Waals surface area contributed by atoms with Gasteiger partial charge in [0.25, 0.3) is 0 Å². The summed E-state index contributed by atoms with van der Waals surface area (Å²) in [5.41, 5.74) is 5.53. The molecule has 37 heavy (non-hydrogen) atoms. The number of rotatable bonds is 9. The van der Waals surface area contributed by atoms with Gasteiger partial charge in [-0.05, 0) is 53.4 Å². The number of carbonyl (C=O) groups excluding carboxylic acids is 2. The van der Waals surface area contributed by atoms with E-state index in [4.69, 9.17) is 4.74 Å². The van der Waals surface area contributed by atoms with Crippen molar-refractivity contribution in [2.45, 2.75) is 46.6 Å². The number of nitrogens with one attached hydrogen (secondary N) is 1. The van der Waals surface area contributed by atoms with Gasteiger partial charge in [-0.3, -0.25) is 14.3 Å². The van der Waals surface area contributed by atoms with Gasteiger partial charge >= 0.3 is 0 Å². The van der Waals surface area contributed by atoms with Crippen LogP contribution in [0.3, 0.4) is 0 Å². The van der Waals surface area contributed by atoms with E-state index in [1.165, 1.54) is 6.42 Å². The first-order valence-electron chi connectivity index (χ1n) is 12.6. The number of ether oxygens (including phenoxy) is 1. The Morgan fingerprint density at radius 1 is 1.16 bits per heavy atom. The van der Waals surface area contributed by atoms with Crippen molar-refractivity contribution < 1.29 is 15.8 Å². The highest BCUT2D eigenvalue weighted by molar-refractivity contribution is 6.25. The van der Waals surface area contributed by atoms with Crippen molar-refractivity contribution in [2.24, 2.45) is 0 Å². The number of fused-ring (bicyclic) bond motifs is 3. The highest BCUT2D eigenvalue weighted by Crippen LogP contribution is 2.39. The first kappa shape index (κ1) is 25.8. The van der Waals surface area contributed by atoms with Gasteiger partial charge in [0.15, 0.2) is 12.1 Å². The molecule has 1 N–H and O–H groups in total. The second-order valence-corrected chi connectivity index (χ2v) is 9.03. The minimum Gasteiger partial charge on any atom is -0.491 e. The molecule has 0 bridgehead atoms. The van der Waals surface area contributed by atoms with E-state index in [0.717, 1.165) is 62.9 Å². The van der Waals surface area contributed by atoms with Gasteiger partial charge in [-0.1, -0.05) is 44.5 Å². The van der Waals surface area contributed by atoms with E-state index in [9.17, 15) is 9.59 Å². The maximum absolute atomic E-state index is 11.7. The van der Waals surface area contributed by atoms with E-state index in [1.807, 2.05) is 66.5 Å². The maximum atomic E-state index is 11.7. The molecule has 0 radical (unpaired) electrons. The van der Waals surface area contributed by atoms with Crippen LogP contribution >= 0.6 is 0 Å². The molecule has 0 atom stereocenters. The molecule has 0 fully saturated rings. The number of nitrogens with zero attached hydrogens (tertiary/aromatic N) is 3. The Hall–Kier alpha value is -4.26. The third-order valence-electron chi connectivity index (χ3n) is 5.80. The molecule has 0 aliphatic rings. The summed E-state index contributed by atoms with van der Waals surface area (Å²) in [6.07, 6.45) is 8.09. The van der Waals surface area contributed by atoms with Crippen LogP contribution in [0.15, 0.2) is 67.1 Å². The SMILES string of the molecule is CCC.Cc1cnc2[nH]c3c(OCCCn4cccn4)ccc(-c4cccc(CC(=O)C=O)c4)c3c2c1.[HH]. The Balaban J connectivity index is 0.000000956. The predicted octanol–water partition coefficient (Wildman–Crippen LogP) is 6.33. The molecule has 192 valence electrons. The van der Waals surface area contributed by atoms with Crippen LogP contribution in [0.4, 0.5) is 0 Å². The Labute approximate surface area is 218 Å². The van der Waals surface area contributed by atoms with E-state index in [1.54, 1.807) is 6.20 Å². The molecule has 0 spiro atoms. The van der Waals surface area contributed by atoms with Crippen LogP contribution in [-0.2, 0) is 22.6 Å². The number of aryl methyl sites for hydroxylation is 2. The molecule has 7 nitrogen and oxygen atoms in total. The Kier molecular flexibility index (Phi) is 8.46. The molecule has 0 aliphatic carbocycles. The average molecular weight is 499 g/mol. The number of H-pyrrole nitrogens is 1. The highest BCUT2D eigenvalue weighted by atomic mass is 16.5. The summed E-state index contributed by atoms with van der Waals surface area (Å²) < 4.78 is 8.06. The first-order valence-corrected chi connectivity index (χ1v) is 12.6. The molecule has 7 heteroatoms. The monoisotopic (exact) mass is 498 g/mol. The molecular formula is C30H34N4O3. The van der Waals surface area contributed by atoms with E-state index in [0.29, 0.717) is 12.9 Å². The van der Waals surface area contributed by atoms with Gasteiger partial charge in [0.05, 0.1) is 12.1 Å². The average Bonchev–Trinajstić information content (AvgIpc) is 3.55. The van der Waals surface area contributed by atoms with Crippen molar-refractivity contribution in [2.75, 3.05) is 6.61 Å². The van der Waals surface area contributed by atoms with Crippen LogP contribution in [0.25, 0.3) is 33.1 Å². The molecule has 0 unspecified atom stereocenters. The fraction of sp³-hybridized carbons (Fsp3) is 0.267. The first-order chi connectivity index (χ1) is 18.0. The summed E-state index contributed by atoms with van der Waals surface area (Å²) >= 11 is 0. The van der Waals surface area contributed by atoms with E-state index < -0.39 is 5.78 Å². The Morgan fingerprint density at radius 2 is 2.00 bits per heavy atom. The number of carbonyl (C=O) groups is 2. The number of hydrogen-bond acceptors (Lipinski definition) is 5. The zero-order chi connectivity index (χ0) is 26.2. The quantitative estimate of drug-likeness (QED) is 0.146. The Bertz CT molecular complexity index is 1510. The molecule has 0 amide bonds. The van der Waals surface area contributed by atoms with Gasteiger partial charge < -0.3 is 9.72 Å². The molecule has 5 aromatic rings. The minimum absolute atomic E-state index is 0. The van der Waals surface area contributed by atoms with Crippen LogP contribution in [-0.4, -0.2) is 38.4 Å². The van der Waals surface area contributed by atoms with E-state index >= 15 is 0 Å². The van der Waals surface area contributed by atoms with Crippen LogP contribution in [0.5, 0.6) is 5.75 Å². The van der Waals surface area contributed by atoms with Crippen LogP contribution in [0, 0.1) is 6.92 Å². The lowest BCUT2D eigenvalue weighted by molar-refractivity contribution is -0.129. The van der Waals surface area contributed by atoms with Crippen molar-refractivity contribution in [3.63, 3.8) is 0 Å². The van der Waals surface area contributed by atoms with Crippen LogP contribution in [0.1, 0.15) is 39.2 Å². The highest BCUT2D eigenvalue weighted by Gasteiger charge is 2.16. The molecule has 3 heterocycles. The third kappa shape index (κ3) is 6.12. The number of pyridine rings is 1. The van der Waals surface area contributed by atoms with Gasteiger partial charge in [-0.15, -0.1) is 0 Å². The summed E-state index contributed by atoms with van der Waals surface area (Å²) in [6, 6.07) is 15.8. The second kappa shape index (κ2) is 12.1. The van der Waals surface area contributed by atoms with Crippen molar-refractivity contribution in [1.82, 2.24) is 19.7 Å². The lowest BCUT2D eigenvalue weighted by Gasteiger charge is -2.11. The maximum Gasteiger partial charge on any atom is 0.199 e. The molecule has 2 aromatic carbocycles. The van der Waals surface area contributed by atoms with Gasteiger partial charge in [-0.2, -0.15) is 5.10 Å². The van der Waals surface area contributed by atoms with Gasteiger partial charge in [0, 0.05) is 50.2 Å². The smallest absolute Gasteiger partial charge is 0.199 e. The zero-order valence-corrected chi connectivity index (χ0v) is 21.5. The van der Waals surface area contributed by atoms with Crippen LogP contribution in [0.2, 0.25) is 0 Å². The number of aromatic amines is 1. The number of Topliss-reactive ketones (excluding diaryl/α,β-unsaturated/α-hetero) is 1. The summed E-state index contributed by atoms with van der Waals surface area (Å²) in [4.78, 5) is 30.5. The lowest BCUT2D eigenvalue weighted by atomic mass is 9.96. The predicted molar refractivity (Wildman–Crippen MR) is 149 cm³/mol. The second-order valence-electron chi connectivity index (χ2n) is 9.03. The number of hydrogen-bond donors (Lipinski definition) is 1. The number of aromatic nitrogens is 4. The van der Waals surface area contributed by atoms with Crippen molar-refractivity contribution in [3.05, 3.63) is 78.2 Å². The summed E-state index contributed by atoms with van der Waals surface area (Å²) in [7, 11) is 0. The fourth-order valence-corrected chi connectivity index (χ4v) is 4.26. The third-order valence-corrected chi connectivity index (χ3v) is 5.80. The molecule has 0 saturated heterocycles. The standard InChI is InChI=1S/C27H24N4O3.C3H8.H2/c1-18-13-23-25-22(20-6-2-5-19(14-20)15-21(33)17-32)7-8-24(26(25)30-27(23)28-16-18)34-12-4-11-31-10-3-9-29-31;1-3-2;/h2-3,5-10,13-14,16-17H,4,11-12,15H2,1H3,(H,28,30);3H2,1-2H3;1H. The number of aldehydes is 1. The lowest BCUT2D eigenvalue weighted by Crippen LogP contribution is -2.05. The largest absolute Gasteiger partial charge is 0.491 e. The Morgan fingerprint density at radius 3 is 2.76 bits per heavy atom. The van der Waals surface area contributed by atoms with Crippen molar-refractivity contribution >= 4 is 34.0 Å². The minimum atomic E-state index is -0.437. The topological polar surface area (TPSA) is 89.9 Å². The van der Waals surface area contributed by atoms with Crippen LogP contribution < -0.4 is 4.74 Å². The van der Waals surface area contributed by atoms with E-state index in [2.05, 4.69) is 35.0 Å². The number of benzene rings is 2. The number of ketones is 1. The van der Waals surface area contributed by atoms with Crippen molar-refractivity contribution in [1.29, 1.82) is 0 Å². The molecule has 3 aromatic heterocycles. The fourth-order valence-electron chi connectivity index (χ4n) is 4.26. The molecular weight excluding hydrogens is 464 g/mol. The van der Waals surface area contributed by atoms with Gasteiger partial charge in [-0.25, -0.2) is 4.98 Å². The molecule has 0 saturated carbocycles. The van der Waals surface area contributed by atoms with Gasteiger partial charge in [0.2, 0.25) is 0 Å². The summed E-state index contributed by atoms with van der Waals surface area (Å²) in [5, 5.41) is 6.27. The normalized spacial score (nSPS) is 10.8. The zero-order valence-electron chi connectivity index (χ0n) is 21.5. The molecule has 5 rings (SSSR count).